The van der Waals surface area contributed by atoms with Gasteiger partial charge < -0.3 is 28.4 Å². The second-order valence-corrected chi connectivity index (χ2v) is 10.5. The van der Waals surface area contributed by atoms with Crippen LogP contribution in [-0.4, -0.2) is 61.9 Å². The lowest BCUT2D eigenvalue weighted by Gasteiger charge is -2.06. The predicted octanol–water partition coefficient (Wildman–Crippen LogP) is 7.04. The van der Waals surface area contributed by atoms with Crippen molar-refractivity contribution in [2.24, 2.45) is 0 Å². The third-order valence-electron chi connectivity index (χ3n) is 7.25. The van der Waals surface area contributed by atoms with Crippen LogP contribution in [0.1, 0.15) is 27.1 Å². The number of aromatic amines is 1. The maximum Gasteiger partial charge on any atom is 0.231 e. The first kappa shape index (κ1) is 32.0. The molecule has 0 saturated carbocycles. The highest BCUT2D eigenvalue weighted by Crippen LogP contribution is 2.36. The molecule has 12 heteroatoms. The van der Waals surface area contributed by atoms with E-state index < -0.39 is 13.3 Å². The highest BCUT2D eigenvalue weighted by atomic mass is 19.1. The van der Waals surface area contributed by atoms with Gasteiger partial charge >= 0.3 is 0 Å². The molecule has 10 nitrogen and oxygen atoms in total. The van der Waals surface area contributed by atoms with Crippen molar-refractivity contribution in [2.45, 2.75) is 6.42 Å². The van der Waals surface area contributed by atoms with E-state index in [9.17, 15) is 18.4 Å². The van der Waals surface area contributed by atoms with Gasteiger partial charge in [0.05, 0.1) is 17.8 Å². The van der Waals surface area contributed by atoms with Crippen LogP contribution in [0.25, 0.3) is 22.5 Å². The highest BCUT2D eigenvalue weighted by molar-refractivity contribution is 6.13. The fourth-order valence-corrected chi connectivity index (χ4v) is 4.92. The minimum atomic E-state index is -0.610. The van der Waals surface area contributed by atoms with E-state index in [4.69, 9.17) is 28.4 Å². The Morgan fingerprint density at radius 3 is 1.96 bits per heavy atom. The number of aromatic nitrogens is 2. The second-order valence-electron chi connectivity index (χ2n) is 10.5. The van der Waals surface area contributed by atoms with Gasteiger partial charge in [-0.25, -0.2) is 8.78 Å². The monoisotopic (exact) mass is 656 g/mol. The molecule has 0 unspecified atom stereocenters. The molecule has 5 aromatic rings. The van der Waals surface area contributed by atoms with Crippen molar-refractivity contribution in [1.82, 2.24) is 10.2 Å². The molecule has 0 amide bonds. The summed E-state index contributed by atoms with van der Waals surface area (Å²) in [5.74, 6) is 2.93. The Bertz CT molecular complexity index is 1910. The van der Waals surface area contributed by atoms with Crippen LogP contribution in [0, 0.1) is 0 Å². The molecule has 0 atom stereocenters. The van der Waals surface area contributed by atoms with Crippen molar-refractivity contribution in [2.75, 3.05) is 40.1 Å². The number of hydrogen-bond acceptors (Lipinski definition) is 9. The summed E-state index contributed by atoms with van der Waals surface area (Å²) in [6.07, 6.45) is -0.272. The van der Waals surface area contributed by atoms with Crippen molar-refractivity contribution in [3.8, 4) is 57.0 Å². The lowest BCUT2D eigenvalue weighted by Crippen LogP contribution is -2.09. The van der Waals surface area contributed by atoms with Crippen molar-refractivity contribution in [1.29, 1.82) is 0 Å². The van der Waals surface area contributed by atoms with Crippen molar-refractivity contribution in [3.05, 3.63) is 102 Å². The van der Waals surface area contributed by atoms with Gasteiger partial charge in [-0.3, -0.25) is 14.7 Å². The van der Waals surface area contributed by atoms with E-state index in [2.05, 4.69) is 10.2 Å². The van der Waals surface area contributed by atoms with Crippen LogP contribution in [-0.2, 0) is 0 Å². The molecule has 7 rings (SSSR count). The Labute approximate surface area is 274 Å². The summed E-state index contributed by atoms with van der Waals surface area (Å²) in [6.45, 7) is -0.780. The number of ether oxygens (including phenoxy) is 6. The average Bonchev–Trinajstić information content (AvgIpc) is 3.91. The summed E-state index contributed by atoms with van der Waals surface area (Å²) < 4.78 is 56.0. The fourth-order valence-electron chi connectivity index (χ4n) is 4.92. The Morgan fingerprint density at radius 1 is 0.646 bits per heavy atom. The van der Waals surface area contributed by atoms with Gasteiger partial charge in [0.25, 0.3) is 0 Å². The zero-order valence-corrected chi connectivity index (χ0v) is 25.6. The molecule has 0 saturated heterocycles. The quantitative estimate of drug-likeness (QED) is 0.111. The third-order valence-corrected chi connectivity index (χ3v) is 7.25. The molecule has 1 N–H and O–H groups in total. The van der Waals surface area contributed by atoms with Gasteiger partial charge in [-0.2, -0.15) is 5.10 Å². The number of rotatable bonds is 12. The first-order valence-electron chi connectivity index (χ1n) is 15.0. The number of fused-ring (bicyclic) bond motifs is 2. The summed E-state index contributed by atoms with van der Waals surface area (Å²) in [6, 6.07) is 26.3. The van der Waals surface area contributed by atoms with Gasteiger partial charge in [0, 0.05) is 22.3 Å². The molecule has 2 aliphatic heterocycles. The number of Topliss-reactive ketones (excluding diaryl/α,β-unsaturated/α-hetero) is 2. The molecule has 1 aromatic heterocycles. The minimum absolute atomic E-state index is 0.0481. The third kappa shape index (κ3) is 7.72. The first-order chi connectivity index (χ1) is 23.5. The van der Waals surface area contributed by atoms with Gasteiger partial charge in [0.2, 0.25) is 13.6 Å². The molecule has 0 spiro atoms. The Morgan fingerprint density at radius 2 is 1.25 bits per heavy atom. The molecule has 0 radical (unpaired) electrons. The SMILES string of the molecule is FCCOc1cccc(-c2cc(-c3ccc4c(c3)OCO4)[nH]n2)c1.O=C(CC(=O)c1ccc2c(c1)OCO2)c1cccc(OCCF)c1. The number of ketones is 2. The number of carbonyl (C=O) groups excluding carboxylic acids is 2. The number of benzene rings is 4. The molecule has 48 heavy (non-hydrogen) atoms. The van der Waals surface area contributed by atoms with E-state index in [0.717, 1.165) is 34.0 Å². The molecule has 3 heterocycles. The largest absolute Gasteiger partial charge is 0.491 e. The fraction of sp³-hybridized carbons (Fsp3) is 0.194. The van der Waals surface area contributed by atoms with E-state index >= 15 is 0 Å². The van der Waals surface area contributed by atoms with Gasteiger partial charge in [-0.05, 0) is 66.7 Å². The van der Waals surface area contributed by atoms with Crippen molar-refractivity contribution < 1.29 is 46.8 Å². The number of alkyl halides is 2. The van der Waals surface area contributed by atoms with E-state index in [0.29, 0.717) is 34.1 Å². The minimum Gasteiger partial charge on any atom is -0.491 e. The van der Waals surface area contributed by atoms with Gasteiger partial charge in [0.15, 0.2) is 34.6 Å². The maximum absolute atomic E-state index is 12.3. The molecular weight excluding hydrogens is 626 g/mol. The van der Waals surface area contributed by atoms with E-state index in [1.165, 1.54) is 6.07 Å². The Balaban J connectivity index is 0.000000167. The summed E-state index contributed by atoms with van der Waals surface area (Å²) >= 11 is 0. The van der Waals surface area contributed by atoms with Crippen LogP contribution in [0.2, 0.25) is 0 Å². The van der Waals surface area contributed by atoms with Gasteiger partial charge in [-0.1, -0.05) is 24.3 Å². The number of halogens is 2. The number of H-pyrrole nitrogens is 1. The molecule has 0 aliphatic carbocycles. The molecular formula is C36H30F2N2O8. The van der Waals surface area contributed by atoms with Crippen LogP contribution in [0.15, 0.2) is 91.0 Å². The first-order valence-corrected chi connectivity index (χ1v) is 15.0. The summed E-state index contributed by atoms with van der Waals surface area (Å²) in [5, 5.41) is 7.38. The summed E-state index contributed by atoms with van der Waals surface area (Å²) in [5.41, 5.74) is 4.25. The zero-order chi connectivity index (χ0) is 33.3. The van der Waals surface area contributed by atoms with Crippen LogP contribution in [0.3, 0.4) is 0 Å². The molecule has 4 aromatic carbocycles. The van der Waals surface area contributed by atoms with Gasteiger partial charge in [0.1, 0.15) is 38.1 Å². The van der Waals surface area contributed by atoms with E-state index in [1.807, 2.05) is 42.5 Å². The molecule has 246 valence electrons. The highest BCUT2D eigenvalue weighted by Gasteiger charge is 2.19. The van der Waals surface area contributed by atoms with E-state index in [1.54, 1.807) is 42.5 Å². The maximum atomic E-state index is 12.3. The summed E-state index contributed by atoms with van der Waals surface area (Å²) in [7, 11) is 0. The Hall–Kier alpha value is -5.91. The average molecular weight is 657 g/mol. The normalized spacial score (nSPS) is 12.2. The molecule has 0 bridgehead atoms. The topological polar surface area (TPSA) is 118 Å². The molecule has 0 fully saturated rings. The smallest absolute Gasteiger partial charge is 0.231 e. The lowest BCUT2D eigenvalue weighted by molar-refractivity contribution is 0.0893. The number of nitrogens with one attached hydrogen (secondary N) is 1. The van der Waals surface area contributed by atoms with Crippen LogP contribution in [0.4, 0.5) is 8.78 Å². The van der Waals surface area contributed by atoms with E-state index in [-0.39, 0.29) is 44.8 Å². The predicted molar refractivity (Wildman–Crippen MR) is 171 cm³/mol. The number of carbonyl (C=O) groups is 2. The van der Waals surface area contributed by atoms with Crippen molar-refractivity contribution in [3.63, 3.8) is 0 Å². The van der Waals surface area contributed by atoms with Crippen LogP contribution >= 0.6 is 0 Å². The van der Waals surface area contributed by atoms with Crippen LogP contribution < -0.4 is 28.4 Å². The Kier molecular flexibility index (Phi) is 10.1. The number of nitrogens with zero attached hydrogens (tertiary/aromatic N) is 1. The second kappa shape index (κ2) is 15.1. The van der Waals surface area contributed by atoms with Crippen molar-refractivity contribution >= 4 is 11.6 Å². The molecule has 2 aliphatic rings. The standard InChI is InChI=1S/C18H15FN2O3.C18H15FO5/c19-6-7-22-14-3-1-2-12(8-14)15-10-16(21-20-15)13-4-5-17-18(9-13)24-11-23-17;19-6-7-22-14-3-1-2-12(8-14)15(20)10-16(21)13-4-5-17-18(9-13)24-11-23-17/h1-5,8-10H,6-7,11H2,(H,20,21);1-5,8-9H,6-7,10-11H2. The van der Waals surface area contributed by atoms with Gasteiger partial charge in [-0.15, -0.1) is 0 Å². The summed E-state index contributed by atoms with van der Waals surface area (Å²) in [4.78, 5) is 24.6. The number of hydrogen-bond donors (Lipinski definition) is 1. The van der Waals surface area contributed by atoms with Crippen LogP contribution in [0.5, 0.6) is 34.5 Å². The lowest BCUT2D eigenvalue weighted by atomic mass is 10.0. The zero-order valence-electron chi connectivity index (χ0n) is 25.6.